The maximum Gasteiger partial charge on any atom is 0.0807 e. The Morgan fingerprint density at radius 3 is 2.71 bits per heavy atom. The third-order valence-electron chi connectivity index (χ3n) is 3.89. The SMILES string of the molecule is CCCNC(c1cccc(C)c1C)c1snnc1CCC. The van der Waals surface area contributed by atoms with E-state index in [-0.39, 0.29) is 6.04 Å². The van der Waals surface area contributed by atoms with E-state index in [9.17, 15) is 0 Å². The van der Waals surface area contributed by atoms with Crippen molar-refractivity contribution in [2.45, 2.75) is 53.0 Å². The first-order chi connectivity index (χ1) is 10.2. The number of aromatic nitrogens is 2. The Hall–Kier alpha value is -1.26. The first kappa shape index (κ1) is 16.1. The predicted molar refractivity (Wildman–Crippen MR) is 90.0 cm³/mol. The molecule has 21 heavy (non-hydrogen) atoms. The van der Waals surface area contributed by atoms with Crippen molar-refractivity contribution >= 4 is 11.5 Å². The Morgan fingerprint density at radius 2 is 2.00 bits per heavy atom. The van der Waals surface area contributed by atoms with Gasteiger partial charge < -0.3 is 5.32 Å². The molecule has 0 radical (unpaired) electrons. The van der Waals surface area contributed by atoms with Crippen molar-refractivity contribution in [1.29, 1.82) is 0 Å². The van der Waals surface area contributed by atoms with Crippen molar-refractivity contribution in [3.05, 3.63) is 45.5 Å². The minimum atomic E-state index is 0.214. The molecule has 0 saturated heterocycles. The first-order valence-electron chi connectivity index (χ1n) is 7.79. The van der Waals surface area contributed by atoms with Crippen LogP contribution in [-0.2, 0) is 6.42 Å². The lowest BCUT2D eigenvalue weighted by molar-refractivity contribution is 0.597. The summed E-state index contributed by atoms with van der Waals surface area (Å²) in [6.45, 7) is 9.77. The van der Waals surface area contributed by atoms with E-state index in [0.29, 0.717) is 0 Å². The van der Waals surface area contributed by atoms with Gasteiger partial charge in [0.05, 0.1) is 16.6 Å². The van der Waals surface area contributed by atoms with Gasteiger partial charge in [-0.1, -0.05) is 43.0 Å². The number of hydrogen-bond acceptors (Lipinski definition) is 4. The molecule has 0 bridgehead atoms. The molecular weight excluding hydrogens is 278 g/mol. The fourth-order valence-electron chi connectivity index (χ4n) is 2.56. The van der Waals surface area contributed by atoms with Gasteiger partial charge in [-0.25, -0.2) is 0 Å². The topological polar surface area (TPSA) is 37.8 Å². The maximum absolute atomic E-state index is 4.34. The van der Waals surface area contributed by atoms with Crippen molar-refractivity contribution in [2.75, 3.05) is 6.54 Å². The number of aryl methyl sites for hydroxylation is 2. The molecule has 3 nitrogen and oxygen atoms in total. The summed E-state index contributed by atoms with van der Waals surface area (Å²) in [5, 5.41) is 8.03. The quantitative estimate of drug-likeness (QED) is 0.833. The van der Waals surface area contributed by atoms with Gasteiger partial charge in [0.15, 0.2) is 0 Å². The van der Waals surface area contributed by atoms with Gasteiger partial charge in [-0.3, -0.25) is 0 Å². The van der Waals surface area contributed by atoms with Crippen LogP contribution in [0, 0.1) is 13.8 Å². The molecule has 0 aliphatic heterocycles. The number of nitrogens with one attached hydrogen (secondary N) is 1. The number of rotatable bonds is 7. The van der Waals surface area contributed by atoms with Crippen LogP contribution in [0.4, 0.5) is 0 Å². The van der Waals surface area contributed by atoms with Crippen molar-refractivity contribution < 1.29 is 0 Å². The average Bonchev–Trinajstić information content (AvgIpc) is 2.92. The van der Waals surface area contributed by atoms with Crippen molar-refractivity contribution in [1.82, 2.24) is 14.9 Å². The van der Waals surface area contributed by atoms with Crippen LogP contribution in [0.3, 0.4) is 0 Å². The largest absolute Gasteiger partial charge is 0.305 e. The number of hydrogen-bond donors (Lipinski definition) is 1. The third-order valence-corrected chi connectivity index (χ3v) is 4.72. The van der Waals surface area contributed by atoms with Gasteiger partial charge in [0.2, 0.25) is 0 Å². The Bertz CT molecular complexity index is 577. The molecule has 1 aromatic heterocycles. The summed E-state index contributed by atoms with van der Waals surface area (Å²) in [6.07, 6.45) is 3.23. The van der Waals surface area contributed by atoms with Crippen LogP contribution in [-0.4, -0.2) is 16.1 Å². The van der Waals surface area contributed by atoms with Gasteiger partial charge in [-0.05, 0) is 61.5 Å². The van der Waals surface area contributed by atoms with Gasteiger partial charge in [0.1, 0.15) is 0 Å². The maximum atomic E-state index is 4.34. The van der Waals surface area contributed by atoms with E-state index in [0.717, 1.165) is 31.5 Å². The Morgan fingerprint density at radius 1 is 1.19 bits per heavy atom. The minimum absolute atomic E-state index is 0.214. The lowest BCUT2D eigenvalue weighted by Crippen LogP contribution is -2.24. The smallest absolute Gasteiger partial charge is 0.0807 e. The molecule has 1 aromatic carbocycles. The molecule has 0 aliphatic rings. The van der Waals surface area contributed by atoms with Crippen LogP contribution in [0.25, 0.3) is 0 Å². The highest BCUT2D eigenvalue weighted by atomic mass is 32.1. The van der Waals surface area contributed by atoms with Gasteiger partial charge >= 0.3 is 0 Å². The fourth-order valence-corrected chi connectivity index (χ4v) is 3.36. The molecule has 1 N–H and O–H groups in total. The second-order valence-corrected chi connectivity index (χ2v) is 6.30. The highest BCUT2D eigenvalue weighted by Gasteiger charge is 2.22. The van der Waals surface area contributed by atoms with Crippen molar-refractivity contribution in [3.8, 4) is 0 Å². The summed E-state index contributed by atoms with van der Waals surface area (Å²) in [7, 11) is 0. The lowest BCUT2D eigenvalue weighted by Gasteiger charge is -2.21. The van der Waals surface area contributed by atoms with E-state index in [4.69, 9.17) is 0 Å². The molecule has 1 atom stereocenters. The molecule has 114 valence electrons. The molecule has 0 aliphatic carbocycles. The summed E-state index contributed by atoms with van der Waals surface area (Å²) in [5.41, 5.74) is 5.20. The second-order valence-electron chi connectivity index (χ2n) is 5.51. The van der Waals surface area contributed by atoms with Crippen LogP contribution in [0.1, 0.15) is 60.0 Å². The van der Waals surface area contributed by atoms with Crippen molar-refractivity contribution in [3.63, 3.8) is 0 Å². The highest BCUT2D eigenvalue weighted by Crippen LogP contribution is 2.30. The zero-order chi connectivity index (χ0) is 15.2. The Kier molecular flexibility index (Phi) is 5.88. The van der Waals surface area contributed by atoms with Gasteiger partial charge in [-0.15, -0.1) is 5.10 Å². The van der Waals surface area contributed by atoms with Crippen LogP contribution in [0.2, 0.25) is 0 Å². The molecule has 1 heterocycles. The molecule has 0 fully saturated rings. The average molecular weight is 303 g/mol. The van der Waals surface area contributed by atoms with E-state index >= 15 is 0 Å². The molecule has 1 unspecified atom stereocenters. The monoisotopic (exact) mass is 303 g/mol. The zero-order valence-corrected chi connectivity index (χ0v) is 14.3. The molecule has 4 heteroatoms. The van der Waals surface area contributed by atoms with Crippen LogP contribution >= 0.6 is 11.5 Å². The van der Waals surface area contributed by atoms with Crippen LogP contribution < -0.4 is 5.32 Å². The molecule has 0 saturated carbocycles. The van der Waals surface area contributed by atoms with E-state index in [1.807, 2.05) is 0 Å². The first-order valence-corrected chi connectivity index (χ1v) is 8.57. The number of nitrogens with zero attached hydrogens (tertiary/aromatic N) is 2. The third kappa shape index (κ3) is 3.69. The molecule has 2 rings (SSSR count). The second kappa shape index (κ2) is 7.66. The number of benzene rings is 1. The standard InChI is InChI=1S/C17H25N3S/c1-5-8-15-17(21-20-19-15)16(18-11-6-2)14-10-7-9-12(3)13(14)4/h7,9-10,16,18H,5-6,8,11H2,1-4H3. The summed E-state index contributed by atoms with van der Waals surface area (Å²) in [4.78, 5) is 1.28. The molecule has 2 aromatic rings. The summed E-state index contributed by atoms with van der Waals surface area (Å²) in [6, 6.07) is 6.76. The molecular formula is C17H25N3S. The van der Waals surface area contributed by atoms with E-state index in [2.05, 4.69) is 60.8 Å². The fraction of sp³-hybridized carbons (Fsp3) is 0.529. The predicted octanol–water partition coefficient (Wildman–Crippen LogP) is 4.20. The van der Waals surface area contributed by atoms with Crippen LogP contribution in [0.5, 0.6) is 0 Å². The normalized spacial score (nSPS) is 12.6. The van der Waals surface area contributed by atoms with Gasteiger partial charge in [-0.2, -0.15) is 0 Å². The summed E-state index contributed by atoms with van der Waals surface area (Å²) < 4.78 is 4.20. The summed E-state index contributed by atoms with van der Waals surface area (Å²) in [5.74, 6) is 0. The van der Waals surface area contributed by atoms with E-state index in [1.165, 1.54) is 33.1 Å². The Balaban J connectivity index is 2.42. The van der Waals surface area contributed by atoms with Gasteiger partial charge in [0, 0.05) is 0 Å². The highest BCUT2D eigenvalue weighted by molar-refractivity contribution is 7.05. The minimum Gasteiger partial charge on any atom is -0.305 e. The molecule has 0 amide bonds. The van der Waals surface area contributed by atoms with E-state index < -0.39 is 0 Å². The summed E-state index contributed by atoms with van der Waals surface area (Å²) >= 11 is 1.53. The van der Waals surface area contributed by atoms with Crippen LogP contribution in [0.15, 0.2) is 18.2 Å². The lowest BCUT2D eigenvalue weighted by atomic mass is 9.95. The van der Waals surface area contributed by atoms with Gasteiger partial charge in [0.25, 0.3) is 0 Å². The molecule has 0 spiro atoms. The zero-order valence-electron chi connectivity index (χ0n) is 13.4. The van der Waals surface area contributed by atoms with Crippen molar-refractivity contribution in [2.24, 2.45) is 0 Å². The van der Waals surface area contributed by atoms with E-state index in [1.54, 1.807) is 0 Å². The Labute approximate surface area is 132 Å².